The Kier molecular flexibility index (Phi) is 6.17. The van der Waals surface area contributed by atoms with E-state index in [0.29, 0.717) is 12.0 Å². The van der Waals surface area contributed by atoms with Crippen LogP contribution in [0, 0.1) is 16.7 Å². The van der Waals surface area contributed by atoms with Crippen LogP contribution in [0.25, 0.3) is 0 Å². The van der Waals surface area contributed by atoms with Crippen LogP contribution in [0.15, 0.2) is 0 Å². The first-order chi connectivity index (χ1) is 8.43. The highest BCUT2D eigenvalue weighted by Gasteiger charge is 2.37. The summed E-state index contributed by atoms with van der Waals surface area (Å²) in [6.45, 7) is 9.77. The van der Waals surface area contributed by atoms with Crippen LogP contribution in [0.1, 0.15) is 85.5 Å². The van der Waals surface area contributed by atoms with Crippen molar-refractivity contribution in [2.75, 3.05) is 6.61 Å². The lowest BCUT2D eigenvalue weighted by Gasteiger charge is -2.43. The lowest BCUT2D eigenvalue weighted by Crippen LogP contribution is -2.35. The fourth-order valence-electron chi connectivity index (χ4n) is 3.51. The van der Waals surface area contributed by atoms with Crippen LogP contribution in [0.2, 0.25) is 0 Å². The summed E-state index contributed by atoms with van der Waals surface area (Å²) in [6, 6.07) is 0. The van der Waals surface area contributed by atoms with Crippen molar-refractivity contribution in [2.24, 2.45) is 16.7 Å². The monoisotopic (exact) mass is 254 g/mol. The van der Waals surface area contributed by atoms with Gasteiger partial charge in [0.2, 0.25) is 0 Å². The van der Waals surface area contributed by atoms with Crippen molar-refractivity contribution in [3.8, 4) is 0 Å². The number of hydrogen-bond donors (Lipinski definition) is 1. The van der Waals surface area contributed by atoms with E-state index in [1.807, 2.05) is 0 Å². The second-order valence-electron chi connectivity index (χ2n) is 7.61. The van der Waals surface area contributed by atoms with Crippen LogP contribution >= 0.6 is 0 Å². The van der Waals surface area contributed by atoms with E-state index >= 15 is 0 Å². The molecule has 1 fully saturated rings. The van der Waals surface area contributed by atoms with E-state index in [-0.39, 0.29) is 5.41 Å². The highest BCUT2D eigenvalue weighted by Crippen LogP contribution is 2.47. The predicted molar refractivity (Wildman–Crippen MR) is 79.7 cm³/mol. The summed E-state index contributed by atoms with van der Waals surface area (Å²) >= 11 is 0. The van der Waals surface area contributed by atoms with E-state index in [4.69, 9.17) is 0 Å². The Labute approximate surface area is 114 Å². The Morgan fingerprint density at radius 3 is 2.11 bits per heavy atom. The molecule has 0 spiro atoms. The van der Waals surface area contributed by atoms with Gasteiger partial charge in [-0.05, 0) is 48.9 Å². The van der Waals surface area contributed by atoms with Gasteiger partial charge in [0.05, 0.1) is 0 Å². The number of aliphatic hydroxyl groups excluding tert-OH is 1. The molecule has 1 aliphatic rings. The summed E-state index contributed by atoms with van der Waals surface area (Å²) in [4.78, 5) is 0. The van der Waals surface area contributed by atoms with Crippen molar-refractivity contribution in [3.05, 3.63) is 0 Å². The molecule has 18 heavy (non-hydrogen) atoms. The molecule has 0 aromatic carbocycles. The van der Waals surface area contributed by atoms with Gasteiger partial charge in [-0.3, -0.25) is 0 Å². The second-order valence-corrected chi connectivity index (χ2v) is 7.61. The summed E-state index contributed by atoms with van der Waals surface area (Å²) in [6.07, 6.45) is 11.7. The van der Waals surface area contributed by atoms with Crippen molar-refractivity contribution in [2.45, 2.75) is 85.5 Å². The van der Waals surface area contributed by atoms with E-state index < -0.39 is 0 Å². The molecule has 1 nitrogen and oxygen atoms in total. The maximum Gasteiger partial charge on any atom is 0.0487 e. The average molecular weight is 254 g/mol. The Hall–Kier alpha value is -0.0400. The van der Waals surface area contributed by atoms with Crippen LogP contribution in [0.3, 0.4) is 0 Å². The van der Waals surface area contributed by atoms with Crippen molar-refractivity contribution < 1.29 is 5.11 Å². The highest BCUT2D eigenvalue weighted by molar-refractivity contribution is 4.88. The molecule has 0 aromatic heterocycles. The fraction of sp³-hybridized carbons (Fsp3) is 1.00. The van der Waals surface area contributed by atoms with Gasteiger partial charge in [0.1, 0.15) is 0 Å². The molecule has 1 heteroatoms. The summed E-state index contributed by atoms with van der Waals surface area (Å²) in [5.41, 5.74) is 0.722. The SMILES string of the molecule is CCCCCCC1(CO)CCC(C(C)(C)C)CC1. The van der Waals surface area contributed by atoms with Crippen LogP contribution in [0.4, 0.5) is 0 Å². The maximum atomic E-state index is 9.79. The largest absolute Gasteiger partial charge is 0.396 e. The van der Waals surface area contributed by atoms with Gasteiger partial charge in [-0.15, -0.1) is 0 Å². The van der Waals surface area contributed by atoms with Crippen LogP contribution in [-0.2, 0) is 0 Å². The molecule has 0 atom stereocenters. The van der Waals surface area contributed by atoms with Crippen molar-refractivity contribution in [1.82, 2.24) is 0 Å². The lowest BCUT2D eigenvalue weighted by molar-refractivity contribution is 0.0285. The van der Waals surface area contributed by atoms with E-state index in [0.717, 1.165) is 5.92 Å². The first-order valence-corrected chi connectivity index (χ1v) is 8.04. The van der Waals surface area contributed by atoms with Gasteiger partial charge in [0, 0.05) is 6.61 Å². The summed E-state index contributed by atoms with van der Waals surface area (Å²) < 4.78 is 0. The van der Waals surface area contributed by atoms with Gasteiger partial charge in [0.15, 0.2) is 0 Å². The van der Waals surface area contributed by atoms with Crippen molar-refractivity contribution in [3.63, 3.8) is 0 Å². The minimum absolute atomic E-state index is 0.273. The third-order valence-electron chi connectivity index (χ3n) is 5.17. The van der Waals surface area contributed by atoms with Crippen molar-refractivity contribution in [1.29, 1.82) is 0 Å². The average Bonchev–Trinajstić information content (AvgIpc) is 2.34. The Bertz CT molecular complexity index is 218. The minimum atomic E-state index is 0.273. The van der Waals surface area contributed by atoms with Gasteiger partial charge < -0.3 is 5.11 Å². The Morgan fingerprint density at radius 2 is 1.67 bits per heavy atom. The number of hydrogen-bond acceptors (Lipinski definition) is 1. The van der Waals surface area contributed by atoms with Crippen LogP contribution < -0.4 is 0 Å². The molecule has 1 saturated carbocycles. The first-order valence-electron chi connectivity index (χ1n) is 8.04. The third-order valence-corrected chi connectivity index (χ3v) is 5.17. The molecule has 0 saturated heterocycles. The molecule has 0 radical (unpaired) electrons. The number of rotatable bonds is 6. The normalized spacial score (nSPS) is 29.5. The fourth-order valence-corrected chi connectivity index (χ4v) is 3.51. The molecule has 0 heterocycles. The van der Waals surface area contributed by atoms with Crippen LogP contribution in [-0.4, -0.2) is 11.7 Å². The van der Waals surface area contributed by atoms with E-state index in [9.17, 15) is 5.11 Å². The highest BCUT2D eigenvalue weighted by atomic mass is 16.3. The molecule has 0 bridgehead atoms. The smallest absolute Gasteiger partial charge is 0.0487 e. The molecular weight excluding hydrogens is 220 g/mol. The molecule has 0 unspecified atom stereocenters. The Morgan fingerprint density at radius 1 is 1.06 bits per heavy atom. The molecular formula is C17H34O. The molecule has 1 aliphatic carbocycles. The predicted octanol–water partition coefficient (Wildman–Crippen LogP) is 5.17. The van der Waals surface area contributed by atoms with Gasteiger partial charge in [-0.1, -0.05) is 53.4 Å². The second kappa shape index (κ2) is 6.93. The van der Waals surface area contributed by atoms with Gasteiger partial charge >= 0.3 is 0 Å². The molecule has 1 rings (SSSR count). The number of aliphatic hydroxyl groups is 1. The lowest BCUT2D eigenvalue weighted by atomic mass is 9.63. The Balaban J connectivity index is 2.40. The summed E-state index contributed by atoms with van der Waals surface area (Å²) in [7, 11) is 0. The third kappa shape index (κ3) is 4.57. The minimum Gasteiger partial charge on any atom is -0.396 e. The zero-order valence-corrected chi connectivity index (χ0v) is 13.1. The zero-order valence-electron chi connectivity index (χ0n) is 13.1. The molecule has 1 N–H and O–H groups in total. The van der Waals surface area contributed by atoms with Crippen molar-refractivity contribution >= 4 is 0 Å². The molecule has 0 aliphatic heterocycles. The van der Waals surface area contributed by atoms with E-state index in [1.54, 1.807) is 0 Å². The van der Waals surface area contributed by atoms with Gasteiger partial charge in [-0.2, -0.15) is 0 Å². The zero-order chi connectivity index (χ0) is 13.6. The molecule has 0 amide bonds. The quantitative estimate of drug-likeness (QED) is 0.648. The van der Waals surface area contributed by atoms with Crippen LogP contribution in [0.5, 0.6) is 0 Å². The molecule has 108 valence electrons. The standard InChI is InChI=1S/C17H34O/c1-5-6-7-8-11-17(14-18)12-9-15(10-13-17)16(2,3)4/h15,18H,5-14H2,1-4H3. The molecule has 0 aromatic rings. The van der Waals surface area contributed by atoms with E-state index in [1.165, 1.54) is 57.8 Å². The summed E-state index contributed by atoms with van der Waals surface area (Å²) in [5, 5.41) is 9.79. The first kappa shape index (κ1) is 16.0. The van der Waals surface area contributed by atoms with Gasteiger partial charge in [0.25, 0.3) is 0 Å². The number of unbranched alkanes of at least 4 members (excludes halogenated alkanes) is 3. The summed E-state index contributed by atoms with van der Waals surface area (Å²) in [5.74, 6) is 0.854. The van der Waals surface area contributed by atoms with E-state index in [2.05, 4.69) is 27.7 Å². The maximum absolute atomic E-state index is 9.79. The van der Waals surface area contributed by atoms with Gasteiger partial charge in [-0.25, -0.2) is 0 Å². The topological polar surface area (TPSA) is 20.2 Å².